The monoisotopic (exact) mass is 159 g/mol. The van der Waals surface area contributed by atoms with E-state index in [-0.39, 0.29) is 6.09 Å². The number of hydrogen-bond donors (Lipinski definition) is 0. The molecule has 0 rings (SSSR count). The molecule has 0 radical (unpaired) electrons. The lowest BCUT2D eigenvalue weighted by Gasteiger charge is -2.16. The fourth-order valence-corrected chi connectivity index (χ4v) is 0.699. The summed E-state index contributed by atoms with van der Waals surface area (Å²) in [5, 5.41) is 0. The maximum absolute atomic E-state index is 10.8. The summed E-state index contributed by atoms with van der Waals surface area (Å²) in [6.07, 6.45) is 0.761. The molecule has 3 nitrogen and oxygen atoms in total. The SMILES string of the molecule is COC(=O)N(C)CCC(C)C. The first-order chi connectivity index (χ1) is 5.07. The van der Waals surface area contributed by atoms with Crippen LogP contribution in [0.2, 0.25) is 0 Å². The van der Waals surface area contributed by atoms with Crippen LogP contribution >= 0.6 is 0 Å². The molecule has 0 aliphatic rings. The summed E-state index contributed by atoms with van der Waals surface area (Å²) in [7, 11) is 3.14. The molecule has 11 heavy (non-hydrogen) atoms. The maximum atomic E-state index is 10.8. The first-order valence-corrected chi connectivity index (χ1v) is 3.87. The number of nitrogens with zero attached hydrogens (tertiary/aromatic N) is 1. The van der Waals surface area contributed by atoms with E-state index in [1.54, 1.807) is 11.9 Å². The number of carbonyl (C=O) groups excluding carboxylic acids is 1. The van der Waals surface area contributed by atoms with Gasteiger partial charge in [0.15, 0.2) is 0 Å². The summed E-state index contributed by atoms with van der Waals surface area (Å²) in [5.41, 5.74) is 0. The molecule has 0 unspecified atom stereocenters. The van der Waals surface area contributed by atoms with E-state index in [2.05, 4.69) is 18.6 Å². The van der Waals surface area contributed by atoms with Crippen LogP contribution in [0.25, 0.3) is 0 Å². The molecule has 3 heteroatoms. The molecule has 0 heterocycles. The van der Waals surface area contributed by atoms with Gasteiger partial charge in [0.1, 0.15) is 0 Å². The van der Waals surface area contributed by atoms with Gasteiger partial charge >= 0.3 is 6.09 Å². The van der Waals surface area contributed by atoms with Crippen molar-refractivity contribution in [2.24, 2.45) is 5.92 Å². The first kappa shape index (κ1) is 10.3. The van der Waals surface area contributed by atoms with Gasteiger partial charge in [-0.2, -0.15) is 0 Å². The van der Waals surface area contributed by atoms with Gasteiger partial charge in [0, 0.05) is 13.6 Å². The Morgan fingerprint density at radius 3 is 2.45 bits per heavy atom. The van der Waals surface area contributed by atoms with E-state index in [0.717, 1.165) is 13.0 Å². The zero-order valence-corrected chi connectivity index (χ0v) is 7.76. The average Bonchev–Trinajstić information content (AvgIpc) is 1.98. The van der Waals surface area contributed by atoms with Crippen molar-refractivity contribution in [2.45, 2.75) is 20.3 Å². The summed E-state index contributed by atoms with van der Waals surface area (Å²) in [4.78, 5) is 12.4. The maximum Gasteiger partial charge on any atom is 0.409 e. The van der Waals surface area contributed by atoms with Gasteiger partial charge in [-0.15, -0.1) is 0 Å². The second kappa shape index (κ2) is 4.99. The van der Waals surface area contributed by atoms with Gasteiger partial charge in [-0.25, -0.2) is 4.79 Å². The number of hydrogen-bond acceptors (Lipinski definition) is 2. The topological polar surface area (TPSA) is 29.5 Å². The number of methoxy groups -OCH3 is 1. The van der Waals surface area contributed by atoms with E-state index in [9.17, 15) is 4.79 Å². The van der Waals surface area contributed by atoms with Crippen molar-refractivity contribution >= 4 is 6.09 Å². The van der Waals surface area contributed by atoms with Crippen LogP contribution < -0.4 is 0 Å². The summed E-state index contributed by atoms with van der Waals surface area (Å²) in [5.74, 6) is 0.627. The third-order valence-corrected chi connectivity index (χ3v) is 1.53. The largest absolute Gasteiger partial charge is 0.453 e. The van der Waals surface area contributed by atoms with Crippen LogP contribution in [0.4, 0.5) is 4.79 Å². The smallest absolute Gasteiger partial charge is 0.409 e. The highest BCUT2D eigenvalue weighted by atomic mass is 16.5. The molecule has 0 spiro atoms. The second-order valence-electron chi connectivity index (χ2n) is 3.07. The molecule has 0 atom stereocenters. The van der Waals surface area contributed by atoms with Crippen LogP contribution in [-0.4, -0.2) is 31.7 Å². The number of carbonyl (C=O) groups is 1. The van der Waals surface area contributed by atoms with Crippen molar-refractivity contribution in [3.05, 3.63) is 0 Å². The average molecular weight is 159 g/mol. The van der Waals surface area contributed by atoms with Gasteiger partial charge in [0.25, 0.3) is 0 Å². The van der Waals surface area contributed by atoms with Crippen LogP contribution in [0, 0.1) is 5.92 Å². The minimum absolute atomic E-state index is 0.259. The summed E-state index contributed by atoms with van der Waals surface area (Å²) in [6, 6.07) is 0. The van der Waals surface area contributed by atoms with Gasteiger partial charge in [-0.3, -0.25) is 0 Å². The predicted molar refractivity (Wildman–Crippen MR) is 44.5 cm³/mol. The van der Waals surface area contributed by atoms with Crippen LogP contribution in [0.3, 0.4) is 0 Å². The highest BCUT2D eigenvalue weighted by molar-refractivity contribution is 5.66. The van der Waals surface area contributed by atoms with Gasteiger partial charge in [-0.05, 0) is 12.3 Å². The molecule has 66 valence electrons. The zero-order chi connectivity index (χ0) is 8.85. The van der Waals surface area contributed by atoms with Crippen molar-refractivity contribution < 1.29 is 9.53 Å². The van der Waals surface area contributed by atoms with Crippen LogP contribution in [0.1, 0.15) is 20.3 Å². The van der Waals surface area contributed by atoms with Crippen molar-refractivity contribution in [3.63, 3.8) is 0 Å². The Hall–Kier alpha value is -0.730. The quantitative estimate of drug-likeness (QED) is 0.627. The Bertz CT molecular complexity index is 123. The summed E-state index contributed by atoms with van der Waals surface area (Å²) in [6.45, 7) is 5.03. The zero-order valence-electron chi connectivity index (χ0n) is 7.76. The molecule has 0 fully saturated rings. The summed E-state index contributed by atoms with van der Waals surface area (Å²) < 4.78 is 4.53. The summed E-state index contributed by atoms with van der Waals surface area (Å²) >= 11 is 0. The highest BCUT2D eigenvalue weighted by Gasteiger charge is 2.07. The highest BCUT2D eigenvalue weighted by Crippen LogP contribution is 2.00. The van der Waals surface area contributed by atoms with Crippen molar-refractivity contribution in [2.75, 3.05) is 20.7 Å². The van der Waals surface area contributed by atoms with Crippen LogP contribution in [0.15, 0.2) is 0 Å². The minimum Gasteiger partial charge on any atom is -0.453 e. The number of rotatable bonds is 3. The van der Waals surface area contributed by atoms with Crippen molar-refractivity contribution in [1.82, 2.24) is 4.90 Å². The van der Waals surface area contributed by atoms with E-state index in [1.165, 1.54) is 7.11 Å². The molecule has 0 aromatic carbocycles. The minimum atomic E-state index is -0.259. The van der Waals surface area contributed by atoms with Crippen molar-refractivity contribution in [3.8, 4) is 0 Å². The van der Waals surface area contributed by atoms with Gasteiger partial charge in [0.05, 0.1) is 7.11 Å². The van der Waals surface area contributed by atoms with Gasteiger partial charge in [-0.1, -0.05) is 13.8 Å². The third-order valence-electron chi connectivity index (χ3n) is 1.53. The third kappa shape index (κ3) is 4.65. The predicted octanol–water partition coefficient (Wildman–Crippen LogP) is 1.73. The molecule has 0 bridgehead atoms. The molecule has 0 saturated heterocycles. The molecule has 0 N–H and O–H groups in total. The van der Waals surface area contributed by atoms with E-state index in [0.29, 0.717) is 5.92 Å². The van der Waals surface area contributed by atoms with Gasteiger partial charge < -0.3 is 9.64 Å². The second-order valence-corrected chi connectivity index (χ2v) is 3.07. The molecule has 0 aliphatic carbocycles. The lowest BCUT2D eigenvalue weighted by Crippen LogP contribution is -2.28. The van der Waals surface area contributed by atoms with Gasteiger partial charge in [0.2, 0.25) is 0 Å². The fraction of sp³-hybridized carbons (Fsp3) is 0.875. The Labute approximate surface area is 68.3 Å². The normalized spacial score (nSPS) is 9.91. The molecule has 0 aromatic heterocycles. The molecular formula is C8H17NO2. The lowest BCUT2D eigenvalue weighted by molar-refractivity contribution is 0.131. The standard InChI is InChI=1S/C8H17NO2/c1-7(2)5-6-9(3)8(10)11-4/h7H,5-6H2,1-4H3. The number of amides is 1. The Morgan fingerprint density at radius 1 is 1.55 bits per heavy atom. The van der Waals surface area contributed by atoms with E-state index >= 15 is 0 Å². The van der Waals surface area contributed by atoms with E-state index in [4.69, 9.17) is 0 Å². The molecule has 0 aliphatic heterocycles. The van der Waals surface area contributed by atoms with Crippen molar-refractivity contribution in [1.29, 1.82) is 0 Å². The molecule has 0 saturated carbocycles. The lowest BCUT2D eigenvalue weighted by atomic mass is 10.1. The Balaban J connectivity index is 3.52. The molecule has 0 aromatic rings. The fourth-order valence-electron chi connectivity index (χ4n) is 0.699. The van der Waals surface area contributed by atoms with E-state index < -0.39 is 0 Å². The van der Waals surface area contributed by atoms with Crippen LogP contribution in [-0.2, 0) is 4.74 Å². The Morgan fingerprint density at radius 2 is 2.09 bits per heavy atom. The molecular weight excluding hydrogens is 142 g/mol. The number of ether oxygens (including phenoxy) is 1. The van der Waals surface area contributed by atoms with E-state index in [1.807, 2.05) is 0 Å². The Kier molecular flexibility index (Phi) is 4.66. The molecule has 1 amide bonds. The first-order valence-electron chi connectivity index (χ1n) is 3.87. The van der Waals surface area contributed by atoms with Crippen LogP contribution in [0.5, 0.6) is 0 Å².